The number of anilines is 2. The quantitative estimate of drug-likeness (QED) is 0.795. The van der Waals surface area contributed by atoms with Gasteiger partial charge in [-0.05, 0) is 25.1 Å². The van der Waals surface area contributed by atoms with Gasteiger partial charge in [0.1, 0.15) is 11.8 Å². The SMILES string of the molecule is CCN1C(=O)CC(Nc2ccc3c(c2)NC(=O)CO3)C1=O. The monoisotopic (exact) mass is 289 g/mol. The Morgan fingerprint density at radius 1 is 1.38 bits per heavy atom. The highest BCUT2D eigenvalue weighted by molar-refractivity contribution is 6.07. The van der Waals surface area contributed by atoms with E-state index in [0.717, 1.165) is 0 Å². The molecule has 3 rings (SSSR count). The lowest BCUT2D eigenvalue weighted by Crippen LogP contribution is -2.34. The Hall–Kier alpha value is -2.57. The first-order valence-electron chi connectivity index (χ1n) is 6.76. The maximum atomic E-state index is 12.0. The zero-order valence-electron chi connectivity index (χ0n) is 11.5. The van der Waals surface area contributed by atoms with Crippen LogP contribution in [0.25, 0.3) is 0 Å². The summed E-state index contributed by atoms with van der Waals surface area (Å²) in [6.45, 7) is 2.15. The van der Waals surface area contributed by atoms with E-state index in [9.17, 15) is 14.4 Å². The average Bonchev–Trinajstić information content (AvgIpc) is 2.72. The van der Waals surface area contributed by atoms with Crippen molar-refractivity contribution in [3.63, 3.8) is 0 Å². The first-order chi connectivity index (χ1) is 10.1. The second-order valence-corrected chi connectivity index (χ2v) is 4.93. The number of likely N-dealkylation sites (N-methyl/N-ethyl adjacent to an activating group) is 1. The fourth-order valence-corrected chi connectivity index (χ4v) is 2.50. The van der Waals surface area contributed by atoms with Crippen molar-refractivity contribution in [2.45, 2.75) is 19.4 Å². The fourth-order valence-electron chi connectivity index (χ4n) is 2.50. The minimum atomic E-state index is -0.560. The number of nitrogens with one attached hydrogen (secondary N) is 2. The topological polar surface area (TPSA) is 87.7 Å². The summed E-state index contributed by atoms with van der Waals surface area (Å²) in [4.78, 5) is 36.3. The van der Waals surface area contributed by atoms with Crippen LogP contribution in [-0.2, 0) is 14.4 Å². The van der Waals surface area contributed by atoms with Gasteiger partial charge in [0.15, 0.2) is 6.61 Å². The molecule has 7 nitrogen and oxygen atoms in total. The molecule has 2 aliphatic rings. The van der Waals surface area contributed by atoms with E-state index in [1.54, 1.807) is 25.1 Å². The van der Waals surface area contributed by atoms with Crippen LogP contribution in [0.15, 0.2) is 18.2 Å². The molecule has 0 saturated carbocycles. The highest BCUT2D eigenvalue weighted by Gasteiger charge is 2.37. The molecule has 1 aromatic carbocycles. The van der Waals surface area contributed by atoms with E-state index in [2.05, 4.69) is 10.6 Å². The maximum absolute atomic E-state index is 12.0. The molecule has 2 heterocycles. The average molecular weight is 289 g/mol. The molecule has 1 saturated heterocycles. The van der Waals surface area contributed by atoms with Crippen molar-refractivity contribution >= 4 is 29.1 Å². The summed E-state index contributed by atoms with van der Waals surface area (Å²) in [5.41, 5.74) is 1.21. The van der Waals surface area contributed by atoms with Crippen molar-refractivity contribution in [2.75, 3.05) is 23.8 Å². The lowest BCUT2D eigenvalue weighted by molar-refractivity contribution is -0.138. The lowest BCUT2D eigenvalue weighted by Gasteiger charge is -2.20. The number of imide groups is 1. The number of fused-ring (bicyclic) bond motifs is 1. The molecular formula is C14H15N3O4. The second kappa shape index (κ2) is 5.08. The molecule has 0 radical (unpaired) electrons. The van der Waals surface area contributed by atoms with E-state index < -0.39 is 6.04 Å². The number of ether oxygens (including phenoxy) is 1. The van der Waals surface area contributed by atoms with E-state index in [1.165, 1.54) is 4.90 Å². The molecule has 0 bridgehead atoms. The van der Waals surface area contributed by atoms with Gasteiger partial charge in [-0.3, -0.25) is 19.3 Å². The number of rotatable bonds is 3. The van der Waals surface area contributed by atoms with E-state index in [-0.39, 0.29) is 30.7 Å². The van der Waals surface area contributed by atoms with Gasteiger partial charge >= 0.3 is 0 Å². The normalized spacial score (nSPS) is 20.9. The van der Waals surface area contributed by atoms with Gasteiger partial charge in [0.2, 0.25) is 5.91 Å². The maximum Gasteiger partial charge on any atom is 0.262 e. The van der Waals surface area contributed by atoms with Crippen molar-refractivity contribution in [2.24, 2.45) is 0 Å². The van der Waals surface area contributed by atoms with E-state index in [1.807, 2.05) is 0 Å². The lowest BCUT2D eigenvalue weighted by atomic mass is 10.2. The minimum Gasteiger partial charge on any atom is -0.482 e. The molecule has 1 atom stereocenters. The number of carbonyl (C=O) groups excluding carboxylic acids is 3. The van der Waals surface area contributed by atoms with Gasteiger partial charge in [-0.1, -0.05) is 0 Å². The van der Waals surface area contributed by atoms with Crippen LogP contribution < -0.4 is 15.4 Å². The van der Waals surface area contributed by atoms with Crippen molar-refractivity contribution < 1.29 is 19.1 Å². The van der Waals surface area contributed by atoms with Gasteiger partial charge in [0, 0.05) is 12.2 Å². The second-order valence-electron chi connectivity index (χ2n) is 4.93. The van der Waals surface area contributed by atoms with Crippen LogP contribution in [0.5, 0.6) is 5.75 Å². The van der Waals surface area contributed by atoms with Crippen molar-refractivity contribution in [1.29, 1.82) is 0 Å². The summed E-state index contributed by atoms with van der Waals surface area (Å²) in [5, 5.41) is 5.73. The predicted octanol–water partition coefficient (Wildman–Crippen LogP) is 0.577. The largest absolute Gasteiger partial charge is 0.482 e. The Morgan fingerprint density at radius 2 is 2.19 bits per heavy atom. The van der Waals surface area contributed by atoms with Crippen molar-refractivity contribution in [3.05, 3.63) is 18.2 Å². The molecule has 2 N–H and O–H groups in total. The van der Waals surface area contributed by atoms with Crippen LogP contribution in [0, 0.1) is 0 Å². The van der Waals surface area contributed by atoms with Crippen LogP contribution in [0.1, 0.15) is 13.3 Å². The van der Waals surface area contributed by atoms with Gasteiger partial charge in [-0.25, -0.2) is 0 Å². The summed E-state index contributed by atoms with van der Waals surface area (Å²) < 4.78 is 5.26. The summed E-state index contributed by atoms with van der Waals surface area (Å²) in [5.74, 6) is -0.0248. The Labute approximate surface area is 121 Å². The third kappa shape index (κ3) is 2.42. The van der Waals surface area contributed by atoms with E-state index in [0.29, 0.717) is 23.7 Å². The smallest absolute Gasteiger partial charge is 0.262 e. The predicted molar refractivity (Wildman–Crippen MR) is 75.0 cm³/mol. The van der Waals surface area contributed by atoms with Crippen LogP contribution in [0.2, 0.25) is 0 Å². The molecule has 0 spiro atoms. The third-order valence-electron chi connectivity index (χ3n) is 3.51. The Balaban J connectivity index is 1.77. The molecule has 0 aliphatic carbocycles. The Morgan fingerprint density at radius 3 is 2.90 bits per heavy atom. The number of benzene rings is 1. The zero-order valence-corrected chi connectivity index (χ0v) is 11.5. The standard InChI is InChI=1S/C14H15N3O4/c1-2-17-13(19)6-10(14(17)20)15-8-3-4-11-9(5-8)16-12(18)7-21-11/h3-5,10,15H,2,6-7H2,1H3,(H,16,18). The van der Waals surface area contributed by atoms with Gasteiger partial charge < -0.3 is 15.4 Å². The zero-order chi connectivity index (χ0) is 15.0. The van der Waals surface area contributed by atoms with Crippen LogP contribution in [0.3, 0.4) is 0 Å². The summed E-state index contributed by atoms with van der Waals surface area (Å²) >= 11 is 0. The molecule has 7 heteroatoms. The Kier molecular flexibility index (Phi) is 3.25. The van der Waals surface area contributed by atoms with Gasteiger partial charge in [-0.15, -0.1) is 0 Å². The van der Waals surface area contributed by atoms with Crippen LogP contribution in [0.4, 0.5) is 11.4 Å². The van der Waals surface area contributed by atoms with Gasteiger partial charge in [-0.2, -0.15) is 0 Å². The molecule has 0 aromatic heterocycles. The molecule has 21 heavy (non-hydrogen) atoms. The van der Waals surface area contributed by atoms with Crippen molar-refractivity contribution in [1.82, 2.24) is 4.90 Å². The minimum absolute atomic E-state index is 0.000841. The highest BCUT2D eigenvalue weighted by Crippen LogP contribution is 2.31. The fraction of sp³-hybridized carbons (Fsp3) is 0.357. The number of hydrogen-bond acceptors (Lipinski definition) is 5. The molecule has 3 amide bonds. The van der Waals surface area contributed by atoms with Crippen LogP contribution >= 0.6 is 0 Å². The number of hydrogen-bond donors (Lipinski definition) is 2. The van der Waals surface area contributed by atoms with Gasteiger partial charge in [0.25, 0.3) is 11.8 Å². The van der Waals surface area contributed by atoms with Gasteiger partial charge in [0.05, 0.1) is 12.1 Å². The number of likely N-dealkylation sites (tertiary alicyclic amines) is 1. The molecule has 1 unspecified atom stereocenters. The third-order valence-corrected chi connectivity index (χ3v) is 3.51. The molecular weight excluding hydrogens is 274 g/mol. The number of carbonyl (C=O) groups is 3. The van der Waals surface area contributed by atoms with Crippen molar-refractivity contribution in [3.8, 4) is 5.75 Å². The number of amides is 3. The number of nitrogens with zero attached hydrogens (tertiary/aromatic N) is 1. The molecule has 1 fully saturated rings. The molecule has 110 valence electrons. The molecule has 2 aliphatic heterocycles. The molecule has 1 aromatic rings. The first-order valence-corrected chi connectivity index (χ1v) is 6.76. The summed E-state index contributed by atoms with van der Waals surface area (Å²) in [7, 11) is 0. The highest BCUT2D eigenvalue weighted by atomic mass is 16.5. The van der Waals surface area contributed by atoms with Crippen LogP contribution in [-0.4, -0.2) is 41.8 Å². The van der Waals surface area contributed by atoms with E-state index >= 15 is 0 Å². The summed E-state index contributed by atoms with van der Waals surface area (Å²) in [6.07, 6.45) is 0.145. The first kappa shape index (κ1) is 13.4. The Bertz CT molecular complexity index is 629. The summed E-state index contributed by atoms with van der Waals surface area (Å²) in [6, 6.07) is 4.60. The van der Waals surface area contributed by atoms with E-state index in [4.69, 9.17) is 4.74 Å².